The smallest absolute Gasteiger partial charge is 0.227 e. The number of methoxy groups -OCH3 is 1. The number of nitrogens with zero attached hydrogens (tertiary/aromatic N) is 2. The molecule has 0 aliphatic carbocycles. The fourth-order valence-corrected chi connectivity index (χ4v) is 4.04. The predicted octanol–water partition coefficient (Wildman–Crippen LogP) is 2.24. The van der Waals surface area contributed by atoms with Crippen LogP contribution in [0.1, 0.15) is 37.7 Å². The van der Waals surface area contributed by atoms with Crippen LogP contribution in [0.15, 0.2) is 24.3 Å². The van der Waals surface area contributed by atoms with Crippen molar-refractivity contribution in [3.63, 3.8) is 0 Å². The molecule has 0 unspecified atom stereocenters. The second-order valence-electron chi connectivity index (χ2n) is 6.98. The number of likely N-dealkylation sites (N-methyl/N-ethyl adjacent to an activating group) is 1. The molecule has 1 aromatic carbocycles. The lowest BCUT2D eigenvalue weighted by atomic mass is 9.80. The highest BCUT2D eigenvalue weighted by atomic mass is 16.5. The highest BCUT2D eigenvalue weighted by molar-refractivity contribution is 5.80. The van der Waals surface area contributed by atoms with Gasteiger partial charge in [0.05, 0.1) is 19.1 Å². The number of benzene rings is 1. The van der Waals surface area contributed by atoms with Crippen molar-refractivity contribution in [2.75, 3.05) is 27.2 Å². The first-order valence-electron chi connectivity index (χ1n) is 8.71. The van der Waals surface area contributed by atoms with Crippen LogP contribution in [0.3, 0.4) is 0 Å². The zero-order valence-corrected chi connectivity index (χ0v) is 14.6. The molecule has 1 atom stereocenters. The number of rotatable bonds is 3. The lowest BCUT2D eigenvalue weighted by molar-refractivity contribution is -0.148. The molecule has 0 saturated carbocycles. The zero-order chi connectivity index (χ0) is 17.2. The Kier molecular flexibility index (Phi) is 4.78. The van der Waals surface area contributed by atoms with E-state index in [1.165, 1.54) is 0 Å². The summed E-state index contributed by atoms with van der Waals surface area (Å²) < 4.78 is 5.23. The monoisotopic (exact) mass is 330 g/mol. The van der Waals surface area contributed by atoms with Crippen LogP contribution in [-0.4, -0.2) is 54.4 Å². The van der Waals surface area contributed by atoms with Crippen molar-refractivity contribution in [3.8, 4) is 5.75 Å². The maximum atomic E-state index is 12.8. The Balaban J connectivity index is 1.70. The van der Waals surface area contributed by atoms with E-state index >= 15 is 0 Å². The second kappa shape index (κ2) is 6.83. The average Bonchev–Trinajstić information content (AvgIpc) is 2.60. The van der Waals surface area contributed by atoms with E-state index in [0.717, 1.165) is 43.5 Å². The molecular formula is C19H26N2O3. The highest BCUT2D eigenvalue weighted by Crippen LogP contribution is 2.35. The molecule has 5 heteroatoms. The van der Waals surface area contributed by atoms with Crippen LogP contribution in [0, 0.1) is 0 Å². The SMILES string of the molecule is COc1cccc(CC(=O)N2CCC[C@@]3(CCCC(=O)N3C)C2)c1. The van der Waals surface area contributed by atoms with E-state index in [9.17, 15) is 9.59 Å². The van der Waals surface area contributed by atoms with Gasteiger partial charge in [-0.05, 0) is 43.4 Å². The van der Waals surface area contributed by atoms with Gasteiger partial charge in [-0.25, -0.2) is 0 Å². The normalized spacial score (nSPS) is 24.3. The van der Waals surface area contributed by atoms with Crippen molar-refractivity contribution in [2.24, 2.45) is 0 Å². The summed E-state index contributed by atoms with van der Waals surface area (Å²) >= 11 is 0. The van der Waals surface area contributed by atoms with E-state index in [0.29, 0.717) is 19.4 Å². The molecule has 1 aromatic rings. The molecule has 2 heterocycles. The maximum Gasteiger partial charge on any atom is 0.227 e. The van der Waals surface area contributed by atoms with Crippen LogP contribution in [0.4, 0.5) is 0 Å². The quantitative estimate of drug-likeness (QED) is 0.854. The Labute approximate surface area is 143 Å². The Morgan fingerprint density at radius 1 is 1.29 bits per heavy atom. The van der Waals surface area contributed by atoms with E-state index in [4.69, 9.17) is 4.74 Å². The van der Waals surface area contributed by atoms with Gasteiger partial charge in [-0.15, -0.1) is 0 Å². The number of hydrogen-bond donors (Lipinski definition) is 0. The molecule has 0 radical (unpaired) electrons. The first-order chi connectivity index (χ1) is 11.5. The summed E-state index contributed by atoms with van der Waals surface area (Å²) in [7, 11) is 3.53. The Hall–Kier alpha value is -2.04. The van der Waals surface area contributed by atoms with Gasteiger partial charge in [0.1, 0.15) is 5.75 Å². The summed E-state index contributed by atoms with van der Waals surface area (Å²) in [6.45, 7) is 1.45. The Morgan fingerprint density at radius 3 is 2.88 bits per heavy atom. The maximum absolute atomic E-state index is 12.8. The molecule has 130 valence electrons. The molecule has 2 aliphatic rings. The van der Waals surface area contributed by atoms with Gasteiger partial charge in [0.2, 0.25) is 11.8 Å². The van der Waals surface area contributed by atoms with Crippen molar-refractivity contribution >= 4 is 11.8 Å². The standard InChI is InChI=1S/C19H26N2O3/c1-20-17(22)8-4-9-19(20)10-5-11-21(14-19)18(23)13-15-6-3-7-16(12-15)24-2/h3,6-7,12H,4-5,8-11,13-14H2,1-2H3/t19-/m0/s1. The van der Waals surface area contributed by atoms with Crippen molar-refractivity contribution in [3.05, 3.63) is 29.8 Å². The summed E-state index contributed by atoms with van der Waals surface area (Å²) in [6, 6.07) is 7.66. The Bertz CT molecular complexity index is 627. The molecule has 0 N–H and O–H groups in total. The fraction of sp³-hybridized carbons (Fsp3) is 0.579. The van der Waals surface area contributed by atoms with Crippen LogP contribution in [-0.2, 0) is 16.0 Å². The van der Waals surface area contributed by atoms with Crippen molar-refractivity contribution in [1.82, 2.24) is 9.80 Å². The van der Waals surface area contributed by atoms with Crippen molar-refractivity contribution in [2.45, 2.75) is 44.1 Å². The average molecular weight is 330 g/mol. The van der Waals surface area contributed by atoms with Gasteiger partial charge < -0.3 is 14.5 Å². The molecule has 5 nitrogen and oxygen atoms in total. The van der Waals surface area contributed by atoms with Gasteiger partial charge in [0.15, 0.2) is 0 Å². The highest BCUT2D eigenvalue weighted by Gasteiger charge is 2.44. The fourth-order valence-electron chi connectivity index (χ4n) is 4.04. The van der Waals surface area contributed by atoms with Gasteiger partial charge in [-0.2, -0.15) is 0 Å². The van der Waals surface area contributed by atoms with Gasteiger partial charge in [0.25, 0.3) is 0 Å². The third-order valence-corrected chi connectivity index (χ3v) is 5.52. The molecule has 1 spiro atoms. The van der Waals surface area contributed by atoms with Crippen molar-refractivity contribution in [1.29, 1.82) is 0 Å². The lowest BCUT2D eigenvalue weighted by Crippen LogP contribution is -2.61. The predicted molar refractivity (Wildman–Crippen MR) is 91.9 cm³/mol. The van der Waals surface area contributed by atoms with Crippen LogP contribution in [0.5, 0.6) is 5.75 Å². The summed E-state index contributed by atoms with van der Waals surface area (Å²) in [5.74, 6) is 1.12. The summed E-state index contributed by atoms with van der Waals surface area (Å²) in [6.07, 6.45) is 4.90. The summed E-state index contributed by atoms with van der Waals surface area (Å²) in [5.41, 5.74) is 0.810. The molecule has 2 aliphatic heterocycles. The van der Waals surface area contributed by atoms with Gasteiger partial charge in [-0.1, -0.05) is 12.1 Å². The first kappa shape index (κ1) is 16.8. The van der Waals surface area contributed by atoms with Crippen molar-refractivity contribution < 1.29 is 14.3 Å². The first-order valence-corrected chi connectivity index (χ1v) is 8.71. The minimum absolute atomic E-state index is 0.133. The number of carbonyl (C=O) groups excluding carboxylic acids is 2. The van der Waals surface area contributed by atoms with Gasteiger partial charge in [0, 0.05) is 26.6 Å². The molecular weight excluding hydrogens is 304 g/mol. The van der Waals surface area contributed by atoms with Crippen LogP contribution >= 0.6 is 0 Å². The third-order valence-electron chi connectivity index (χ3n) is 5.52. The number of piperidine rings is 2. The van der Waals surface area contributed by atoms with E-state index in [1.807, 2.05) is 41.1 Å². The zero-order valence-electron chi connectivity index (χ0n) is 14.6. The molecule has 0 aromatic heterocycles. The minimum atomic E-state index is -0.155. The molecule has 0 bridgehead atoms. The van der Waals surface area contributed by atoms with E-state index < -0.39 is 0 Å². The molecule has 24 heavy (non-hydrogen) atoms. The second-order valence-corrected chi connectivity index (χ2v) is 6.98. The molecule has 2 amide bonds. The number of carbonyl (C=O) groups is 2. The van der Waals surface area contributed by atoms with Gasteiger partial charge in [-0.3, -0.25) is 9.59 Å². The lowest BCUT2D eigenvalue weighted by Gasteiger charge is -2.50. The molecule has 2 saturated heterocycles. The largest absolute Gasteiger partial charge is 0.497 e. The molecule has 3 rings (SSSR count). The number of amides is 2. The van der Waals surface area contributed by atoms with Crippen LogP contribution < -0.4 is 4.74 Å². The number of likely N-dealkylation sites (tertiary alicyclic amines) is 2. The van der Waals surface area contributed by atoms with Crippen LogP contribution in [0.25, 0.3) is 0 Å². The van der Waals surface area contributed by atoms with E-state index in [-0.39, 0.29) is 17.4 Å². The molecule has 2 fully saturated rings. The number of ether oxygens (including phenoxy) is 1. The topological polar surface area (TPSA) is 49.9 Å². The minimum Gasteiger partial charge on any atom is -0.497 e. The van der Waals surface area contributed by atoms with E-state index in [2.05, 4.69) is 0 Å². The third kappa shape index (κ3) is 3.25. The van der Waals surface area contributed by atoms with E-state index in [1.54, 1.807) is 7.11 Å². The summed E-state index contributed by atoms with van der Waals surface area (Å²) in [4.78, 5) is 28.7. The Morgan fingerprint density at radius 2 is 2.08 bits per heavy atom. The number of hydrogen-bond acceptors (Lipinski definition) is 3. The van der Waals surface area contributed by atoms with Gasteiger partial charge >= 0.3 is 0 Å². The summed E-state index contributed by atoms with van der Waals surface area (Å²) in [5, 5.41) is 0. The van der Waals surface area contributed by atoms with Crippen LogP contribution in [0.2, 0.25) is 0 Å².